The van der Waals surface area contributed by atoms with Crippen molar-refractivity contribution in [3.63, 3.8) is 0 Å². The molecule has 1 unspecified atom stereocenters. The first-order chi connectivity index (χ1) is 14.6. The summed E-state index contributed by atoms with van der Waals surface area (Å²) >= 11 is 0. The van der Waals surface area contributed by atoms with Crippen molar-refractivity contribution in [2.24, 2.45) is 0 Å². The van der Waals surface area contributed by atoms with Gasteiger partial charge >= 0.3 is 0 Å². The summed E-state index contributed by atoms with van der Waals surface area (Å²) in [6, 6.07) is 7.80. The van der Waals surface area contributed by atoms with Gasteiger partial charge in [0.1, 0.15) is 0 Å². The summed E-state index contributed by atoms with van der Waals surface area (Å²) in [6.45, 7) is 0.761. The minimum atomic E-state index is -0.0418. The number of hydrogen-bond acceptors (Lipinski definition) is 6. The van der Waals surface area contributed by atoms with Gasteiger partial charge in [-0.3, -0.25) is 14.8 Å². The van der Waals surface area contributed by atoms with Crippen LogP contribution in [0.2, 0.25) is 0 Å². The van der Waals surface area contributed by atoms with E-state index in [1.165, 1.54) is 0 Å². The monoisotopic (exact) mass is 402 g/mol. The maximum absolute atomic E-state index is 13.1. The Morgan fingerprint density at radius 1 is 1.10 bits per heavy atom. The number of amides is 1. The number of rotatable bonds is 6. The van der Waals surface area contributed by atoms with Crippen molar-refractivity contribution in [2.75, 3.05) is 25.5 Å². The number of likely N-dealkylation sites (tertiary alicyclic amines) is 1. The summed E-state index contributed by atoms with van der Waals surface area (Å²) in [6.07, 6.45) is 12.0. The third kappa shape index (κ3) is 4.30. The van der Waals surface area contributed by atoms with Gasteiger partial charge in [-0.05, 0) is 54.7 Å². The zero-order valence-electron chi connectivity index (χ0n) is 17.4. The highest BCUT2D eigenvalue weighted by molar-refractivity contribution is 5.78. The Hall–Kier alpha value is -3.35. The first-order valence-corrected chi connectivity index (χ1v) is 10.3. The Balaban J connectivity index is 1.62. The number of pyridine rings is 2. The molecule has 1 atom stereocenters. The minimum Gasteiger partial charge on any atom is -0.347 e. The standard InChI is InChI=1S/C23H26N6O/c1-28(2)23-26-16-19(18-9-13-25-14-10-18)22(27-23)20-4-3-15-29(20)21(30)6-5-17-7-11-24-12-8-17/h7-14,16,20H,3-6,15H2,1-2H3. The average Bonchev–Trinajstić information content (AvgIpc) is 3.28. The third-order valence-electron chi connectivity index (χ3n) is 5.46. The largest absolute Gasteiger partial charge is 0.347 e. The number of nitrogens with zero attached hydrogens (tertiary/aromatic N) is 6. The van der Waals surface area contributed by atoms with E-state index in [1.807, 2.05) is 54.4 Å². The van der Waals surface area contributed by atoms with E-state index >= 15 is 0 Å². The van der Waals surface area contributed by atoms with Gasteiger partial charge in [0.05, 0.1) is 11.7 Å². The molecule has 7 nitrogen and oxygen atoms in total. The highest BCUT2D eigenvalue weighted by Gasteiger charge is 2.33. The molecule has 154 valence electrons. The van der Waals surface area contributed by atoms with E-state index < -0.39 is 0 Å². The minimum absolute atomic E-state index is 0.0418. The fourth-order valence-corrected chi connectivity index (χ4v) is 3.90. The van der Waals surface area contributed by atoms with Gasteiger partial charge in [-0.15, -0.1) is 0 Å². The molecule has 3 aromatic heterocycles. The van der Waals surface area contributed by atoms with Crippen LogP contribution in [0.5, 0.6) is 0 Å². The van der Waals surface area contributed by atoms with Gasteiger partial charge in [-0.2, -0.15) is 0 Å². The van der Waals surface area contributed by atoms with E-state index in [4.69, 9.17) is 4.98 Å². The molecule has 0 bridgehead atoms. The van der Waals surface area contributed by atoms with Crippen molar-refractivity contribution >= 4 is 11.9 Å². The van der Waals surface area contributed by atoms with E-state index in [-0.39, 0.29) is 11.9 Å². The van der Waals surface area contributed by atoms with Crippen LogP contribution in [-0.4, -0.2) is 51.4 Å². The Morgan fingerprint density at radius 3 is 2.50 bits per heavy atom. The Bertz CT molecular complexity index is 993. The summed E-state index contributed by atoms with van der Waals surface area (Å²) in [5, 5.41) is 0. The third-order valence-corrected chi connectivity index (χ3v) is 5.46. The Morgan fingerprint density at radius 2 is 1.80 bits per heavy atom. The average molecular weight is 403 g/mol. The van der Waals surface area contributed by atoms with Gasteiger partial charge in [-0.25, -0.2) is 9.97 Å². The zero-order chi connectivity index (χ0) is 20.9. The van der Waals surface area contributed by atoms with E-state index in [0.717, 1.165) is 41.8 Å². The summed E-state index contributed by atoms with van der Waals surface area (Å²) in [5.41, 5.74) is 4.02. The summed E-state index contributed by atoms with van der Waals surface area (Å²) < 4.78 is 0. The van der Waals surface area contributed by atoms with Crippen LogP contribution in [0, 0.1) is 0 Å². The quantitative estimate of drug-likeness (QED) is 0.630. The van der Waals surface area contributed by atoms with Crippen LogP contribution in [0.25, 0.3) is 11.1 Å². The van der Waals surface area contributed by atoms with E-state index in [1.54, 1.807) is 24.8 Å². The van der Waals surface area contributed by atoms with Crippen LogP contribution in [0.1, 0.15) is 36.6 Å². The molecular formula is C23H26N6O. The van der Waals surface area contributed by atoms with Crippen LogP contribution in [0.4, 0.5) is 5.95 Å². The van der Waals surface area contributed by atoms with E-state index in [0.29, 0.717) is 18.8 Å². The Labute approximate surface area is 176 Å². The fourth-order valence-electron chi connectivity index (χ4n) is 3.90. The van der Waals surface area contributed by atoms with Crippen molar-refractivity contribution in [1.82, 2.24) is 24.8 Å². The number of carbonyl (C=O) groups is 1. The summed E-state index contributed by atoms with van der Waals surface area (Å²) in [4.78, 5) is 34.6. The van der Waals surface area contributed by atoms with E-state index in [9.17, 15) is 4.79 Å². The molecule has 4 rings (SSSR count). The van der Waals surface area contributed by atoms with Crippen LogP contribution < -0.4 is 4.90 Å². The highest BCUT2D eigenvalue weighted by atomic mass is 16.2. The predicted molar refractivity (Wildman–Crippen MR) is 116 cm³/mol. The molecule has 0 N–H and O–H groups in total. The van der Waals surface area contributed by atoms with Gasteiger partial charge in [0, 0.05) is 63.6 Å². The molecule has 0 saturated carbocycles. The lowest BCUT2D eigenvalue weighted by Crippen LogP contribution is -2.31. The van der Waals surface area contributed by atoms with Gasteiger partial charge in [0.15, 0.2) is 0 Å². The van der Waals surface area contributed by atoms with Crippen molar-refractivity contribution in [1.29, 1.82) is 0 Å². The smallest absolute Gasteiger partial charge is 0.225 e. The van der Waals surface area contributed by atoms with Crippen molar-refractivity contribution in [3.05, 3.63) is 66.5 Å². The SMILES string of the molecule is CN(C)c1ncc(-c2ccncc2)c(C2CCCN2C(=O)CCc2ccncc2)n1. The second-order valence-corrected chi connectivity index (χ2v) is 7.70. The summed E-state index contributed by atoms with van der Waals surface area (Å²) in [5.74, 6) is 0.818. The van der Waals surface area contributed by atoms with Crippen molar-refractivity contribution < 1.29 is 4.79 Å². The summed E-state index contributed by atoms with van der Waals surface area (Å²) in [7, 11) is 3.86. The molecule has 3 aromatic rings. The molecule has 1 amide bonds. The molecule has 0 aromatic carbocycles. The molecule has 0 spiro atoms. The highest BCUT2D eigenvalue weighted by Crippen LogP contribution is 2.37. The lowest BCUT2D eigenvalue weighted by atomic mass is 10.0. The van der Waals surface area contributed by atoms with Crippen LogP contribution >= 0.6 is 0 Å². The second kappa shape index (κ2) is 8.98. The molecule has 0 aliphatic carbocycles. The van der Waals surface area contributed by atoms with Crippen molar-refractivity contribution in [3.8, 4) is 11.1 Å². The van der Waals surface area contributed by atoms with Gasteiger partial charge < -0.3 is 9.80 Å². The van der Waals surface area contributed by atoms with Crippen LogP contribution in [0.15, 0.2) is 55.2 Å². The zero-order valence-corrected chi connectivity index (χ0v) is 17.4. The molecule has 1 fully saturated rings. The molecule has 7 heteroatoms. The molecule has 30 heavy (non-hydrogen) atoms. The fraction of sp³-hybridized carbons (Fsp3) is 0.348. The number of hydrogen-bond donors (Lipinski definition) is 0. The molecule has 1 aliphatic heterocycles. The topological polar surface area (TPSA) is 75.1 Å². The molecule has 4 heterocycles. The first kappa shape index (κ1) is 19.9. The molecule has 1 aliphatic rings. The maximum atomic E-state index is 13.1. The number of aryl methyl sites for hydroxylation is 1. The number of carbonyl (C=O) groups excluding carboxylic acids is 1. The number of anilines is 1. The van der Waals surface area contributed by atoms with Gasteiger partial charge in [0.25, 0.3) is 0 Å². The van der Waals surface area contributed by atoms with Gasteiger partial charge in [0.2, 0.25) is 11.9 Å². The van der Waals surface area contributed by atoms with Crippen LogP contribution in [0.3, 0.4) is 0 Å². The number of aromatic nitrogens is 4. The lowest BCUT2D eigenvalue weighted by Gasteiger charge is -2.27. The Kier molecular flexibility index (Phi) is 5.97. The molecular weight excluding hydrogens is 376 g/mol. The molecule has 0 radical (unpaired) electrons. The maximum Gasteiger partial charge on any atom is 0.225 e. The second-order valence-electron chi connectivity index (χ2n) is 7.70. The van der Waals surface area contributed by atoms with Gasteiger partial charge in [-0.1, -0.05) is 0 Å². The normalized spacial score (nSPS) is 15.9. The van der Waals surface area contributed by atoms with Crippen LogP contribution in [-0.2, 0) is 11.2 Å². The lowest BCUT2D eigenvalue weighted by molar-refractivity contribution is -0.132. The predicted octanol–water partition coefficient (Wildman–Crippen LogP) is 3.30. The van der Waals surface area contributed by atoms with Crippen molar-refractivity contribution in [2.45, 2.75) is 31.7 Å². The van der Waals surface area contributed by atoms with E-state index in [2.05, 4.69) is 15.0 Å². The first-order valence-electron chi connectivity index (χ1n) is 10.3. The molecule has 1 saturated heterocycles.